The molecule has 5 heteroatoms. The zero-order valence-corrected chi connectivity index (χ0v) is 9.77. The Balaban J connectivity index is 2.23. The summed E-state index contributed by atoms with van der Waals surface area (Å²) in [6, 6.07) is 9.38. The lowest BCUT2D eigenvalue weighted by Crippen LogP contribution is -1.93. The van der Waals surface area contributed by atoms with Crippen LogP contribution in [0.4, 0.5) is 13.2 Å². The maximum Gasteiger partial charge on any atom is 0.195 e. The van der Waals surface area contributed by atoms with Crippen molar-refractivity contribution < 1.29 is 13.2 Å². The van der Waals surface area contributed by atoms with Gasteiger partial charge >= 0.3 is 0 Å². The van der Waals surface area contributed by atoms with Gasteiger partial charge in [-0.3, -0.25) is 0 Å². The molecule has 0 aliphatic rings. The molecule has 0 fully saturated rings. The van der Waals surface area contributed by atoms with Crippen LogP contribution in [0, 0.1) is 17.5 Å². The second-order valence-corrected chi connectivity index (χ2v) is 4.74. The maximum absolute atomic E-state index is 13.6. The largest absolute Gasteiger partial charge is 0.236 e. The molecular weight excluding hydrogens is 259 g/mol. The highest BCUT2D eigenvalue weighted by atomic mass is 32.1. The number of hydrogen-bond donors (Lipinski definition) is 0. The predicted molar refractivity (Wildman–Crippen MR) is 64.9 cm³/mol. The summed E-state index contributed by atoms with van der Waals surface area (Å²) in [5, 5.41) is 0.340. The summed E-state index contributed by atoms with van der Waals surface area (Å²) in [6.45, 7) is 0. The van der Waals surface area contributed by atoms with Crippen LogP contribution in [0.3, 0.4) is 0 Å². The van der Waals surface area contributed by atoms with E-state index in [9.17, 15) is 13.2 Å². The first kappa shape index (κ1) is 11.2. The average Bonchev–Trinajstić information content (AvgIpc) is 2.79. The predicted octanol–water partition coefficient (Wildman–Crippen LogP) is 4.38. The van der Waals surface area contributed by atoms with Crippen molar-refractivity contribution in [3.05, 3.63) is 53.8 Å². The van der Waals surface area contributed by atoms with E-state index in [0.29, 0.717) is 10.5 Å². The molecule has 1 aromatic heterocycles. The lowest BCUT2D eigenvalue weighted by molar-refractivity contribution is 0.449. The van der Waals surface area contributed by atoms with Crippen LogP contribution < -0.4 is 0 Å². The van der Waals surface area contributed by atoms with Gasteiger partial charge in [-0.1, -0.05) is 12.1 Å². The first-order chi connectivity index (χ1) is 8.66. The second kappa shape index (κ2) is 4.10. The minimum Gasteiger partial charge on any atom is -0.236 e. The number of benzene rings is 2. The summed E-state index contributed by atoms with van der Waals surface area (Å²) in [4.78, 5) is 4.20. The molecule has 3 rings (SSSR count). The minimum absolute atomic E-state index is 0.0184. The molecule has 0 unspecified atom stereocenters. The third kappa shape index (κ3) is 1.67. The van der Waals surface area contributed by atoms with E-state index in [1.54, 1.807) is 6.07 Å². The molecule has 2 aromatic carbocycles. The first-order valence-electron chi connectivity index (χ1n) is 5.16. The van der Waals surface area contributed by atoms with Gasteiger partial charge in [-0.2, -0.15) is 0 Å². The molecule has 1 heterocycles. The topological polar surface area (TPSA) is 12.9 Å². The zero-order valence-electron chi connectivity index (χ0n) is 8.95. The zero-order chi connectivity index (χ0) is 12.7. The van der Waals surface area contributed by atoms with Crippen LogP contribution in [0.25, 0.3) is 20.8 Å². The Morgan fingerprint density at radius 1 is 0.889 bits per heavy atom. The number of fused-ring (bicyclic) bond motifs is 1. The van der Waals surface area contributed by atoms with Crippen molar-refractivity contribution in [1.82, 2.24) is 4.98 Å². The highest BCUT2D eigenvalue weighted by molar-refractivity contribution is 7.21. The summed E-state index contributed by atoms with van der Waals surface area (Å²) in [5.41, 5.74) is 0.691. The molecule has 0 saturated carbocycles. The van der Waals surface area contributed by atoms with Crippen molar-refractivity contribution in [3.63, 3.8) is 0 Å². The van der Waals surface area contributed by atoms with E-state index in [0.717, 1.165) is 10.8 Å². The van der Waals surface area contributed by atoms with Crippen molar-refractivity contribution in [2.45, 2.75) is 0 Å². The molecule has 3 aromatic rings. The quantitative estimate of drug-likeness (QED) is 0.595. The van der Waals surface area contributed by atoms with Crippen molar-refractivity contribution in [1.29, 1.82) is 0 Å². The van der Waals surface area contributed by atoms with E-state index in [-0.39, 0.29) is 5.56 Å². The molecule has 1 nitrogen and oxygen atoms in total. The third-order valence-corrected chi connectivity index (χ3v) is 3.63. The first-order valence-corrected chi connectivity index (χ1v) is 5.98. The van der Waals surface area contributed by atoms with Crippen molar-refractivity contribution in [2.75, 3.05) is 0 Å². The number of thiazole rings is 1. The lowest BCUT2D eigenvalue weighted by Gasteiger charge is -2.00. The van der Waals surface area contributed by atoms with E-state index in [1.807, 2.05) is 18.2 Å². The molecule has 90 valence electrons. The third-order valence-electron chi connectivity index (χ3n) is 2.56. The molecule has 0 aliphatic carbocycles. The minimum atomic E-state index is -1.47. The van der Waals surface area contributed by atoms with Gasteiger partial charge in [0.25, 0.3) is 0 Å². The summed E-state index contributed by atoms with van der Waals surface area (Å²) in [6.07, 6.45) is 0. The molecule has 0 N–H and O–H groups in total. The highest BCUT2D eigenvalue weighted by Gasteiger charge is 2.17. The van der Waals surface area contributed by atoms with Gasteiger partial charge in [0, 0.05) is 5.56 Å². The second-order valence-electron chi connectivity index (χ2n) is 3.71. The van der Waals surface area contributed by atoms with Crippen molar-refractivity contribution >= 4 is 21.6 Å². The molecule has 0 aliphatic heterocycles. The van der Waals surface area contributed by atoms with Gasteiger partial charge in [0.05, 0.1) is 10.2 Å². The summed E-state index contributed by atoms with van der Waals surface area (Å²) in [7, 11) is 0. The molecule has 0 bridgehead atoms. The number of rotatable bonds is 1. The fourth-order valence-corrected chi connectivity index (χ4v) is 2.66. The van der Waals surface area contributed by atoms with Crippen LogP contribution in [0.15, 0.2) is 36.4 Å². The monoisotopic (exact) mass is 265 g/mol. The van der Waals surface area contributed by atoms with Crippen LogP contribution in [0.1, 0.15) is 0 Å². The Morgan fingerprint density at radius 3 is 2.44 bits per heavy atom. The van der Waals surface area contributed by atoms with Crippen LogP contribution >= 0.6 is 11.3 Å². The summed E-state index contributed by atoms with van der Waals surface area (Å²) < 4.78 is 40.5. The molecule has 0 atom stereocenters. The standard InChI is InChI=1S/C13H6F3NS/c14-8-6-5-7(11(15)12(8)16)13-17-9-3-1-2-4-10(9)18-13/h1-6H. The normalized spacial score (nSPS) is 11.1. The number of halogens is 3. The van der Waals surface area contributed by atoms with Crippen molar-refractivity contribution in [2.24, 2.45) is 0 Å². The van der Waals surface area contributed by atoms with E-state index >= 15 is 0 Å². The number of aromatic nitrogens is 1. The Bertz CT molecular complexity index is 703. The molecular formula is C13H6F3NS. The van der Waals surface area contributed by atoms with Crippen LogP contribution in [-0.4, -0.2) is 4.98 Å². The molecule has 0 saturated heterocycles. The van der Waals surface area contributed by atoms with Gasteiger partial charge in [-0.05, 0) is 24.3 Å². The smallest absolute Gasteiger partial charge is 0.195 e. The SMILES string of the molecule is Fc1ccc(-c2nc3ccccc3s2)c(F)c1F. The Hall–Kier alpha value is -1.88. The number of nitrogens with zero attached hydrogens (tertiary/aromatic N) is 1. The van der Waals surface area contributed by atoms with Crippen LogP contribution in [-0.2, 0) is 0 Å². The molecule has 18 heavy (non-hydrogen) atoms. The Morgan fingerprint density at radius 2 is 1.67 bits per heavy atom. The lowest BCUT2D eigenvalue weighted by atomic mass is 10.2. The molecule has 0 spiro atoms. The van der Waals surface area contributed by atoms with E-state index in [1.165, 1.54) is 17.4 Å². The molecule has 0 amide bonds. The Kier molecular flexibility index (Phi) is 2.56. The Labute approximate surface area is 105 Å². The highest BCUT2D eigenvalue weighted by Crippen LogP contribution is 2.32. The van der Waals surface area contributed by atoms with Gasteiger partial charge < -0.3 is 0 Å². The van der Waals surface area contributed by atoms with Crippen molar-refractivity contribution in [3.8, 4) is 10.6 Å². The van der Waals surface area contributed by atoms with Gasteiger partial charge in [0.1, 0.15) is 5.01 Å². The summed E-state index contributed by atoms with van der Waals surface area (Å²) >= 11 is 1.24. The number of para-hydroxylation sites is 1. The van der Waals surface area contributed by atoms with E-state index in [2.05, 4.69) is 4.98 Å². The van der Waals surface area contributed by atoms with E-state index in [4.69, 9.17) is 0 Å². The van der Waals surface area contributed by atoms with Gasteiger partial charge in [0.2, 0.25) is 0 Å². The molecule has 0 radical (unpaired) electrons. The fourth-order valence-electron chi connectivity index (χ4n) is 1.68. The number of hydrogen-bond acceptors (Lipinski definition) is 2. The van der Waals surface area contributed by atoms with E-state index < -0.39 is 17.5 Å². The van der Waals surface area contributed by atoms with Crippen LogP contribution in [0.2, 0.25) is 0 Å². The summed E-state index contributed by atoms with van der Waals surface area (Å²) in [5.74, 6) is -3.86. The average molecular weight is 265 g/mol. The van der Waals surface area contributed by atoms with Gasteiger partial charge in [0.15, 0.2) is 17.5 Å². The van der Waals surface area contributed by atoms with Gasteiger partial charge in [-0.25, -0.2) is 18.2 Å². The maximum atomic E-state index is 13.6. The fraction of sp³-hybridized carbons (Fsp3) is 0. The van der Waals surface area contributed by atoms with Crippen LogP contribution in [0.5, 0.6) is 0 Å². The van der Waals surface area contributed by atoms with Gasteiger partial charge in [-0.15, -0.1) is 11.3 Å².